The fourth-order valence-corrected chi connectivity index (χ4v) is 1.74. The van der Waals surface area contributed by atoms with E-state index in [1.54, 1.807) is 19.4 Å². The zero-order chi connectivity index (χ0) is 14.1. The first-order chi connectivity index (χ1) is 9.19. The summed E-state index contributed by atoms with van der Waals surface area (Å²) in [6.45, 7) is 2.71. The minimum absolute atomic E-state index is 0.0606. The summed E-state index contributed by atoms with van der Waals surface area (Å²) in [5, 5.41) is 4.20. The number of hydrogen-bond acceptors (Lipinski definition) is 5. The Bertz CT molecular complexity index is 419. The van der Waals surface area contributed by atoms with Crippen molar-refractivity contribution in [2.45, 2.75) is 25.8 Å². The smallest absolute Gasteiger partial charge is 0.268 e. The second kappa shape index (κ2) is 8.66. The Morgan fingerprint density at radius 1 is 1.42 bits per heavy atom. The maximum Gasteiger partial charge on any atom is 0.268 e. The third kappa shape index (κ3) is 5.40. The van der Waals surface area contributed by atoms with Gasteiger partial charge in [-0.1, -0.05) is 6.42 Å². The number of methoxy groups -OCH3 is 1. The summed E-state index contributed by atoms with van der Waals surface area (Å²) in [7, 11) is 3.58. The van der Waals surface area contributed by atoms with Crippen molar-refractivity contribution < 1.29 is 4.74 Å². The van der Waals surface area contributed by atoms with E-state index in [9.17, 15) is 4.79 Å². The van der Waals surface area contributed by atoms with Crippen LogP contribution in [0, 0.1) is 0 Å². The molecule has 0 aromatic carbocycles. The van der Waals surface area contributed by atoms with Crippen LogP contribution in [0.3, 0.4) is 0 Å². The zero-order valence-corrected chi connectivity index (χ0v) is 11.8. The predicted molar refractivity (Wildman–Crippen MR) is 76.5 cm³/mol. The van der Waals surface area contributed by atoms with Crippen molar-refractivity contribution in [3.05, 3.63) is 22.6 Å². The van der Waals surface area contributed by atoms with Gasteiger partial charge >= 0.3 is 0 Å². The molecule has 2 N–H and O–H groups in total. The number of likely N-dealkylation sites (N-methyl/N-ethyl adjacent to an activating group) is 1. The number of hydrogen-bond donors (Lipinski definition) is 1. The van der Waals surface area contributed by atoms with Gasteiger partial charge in [0.05, 0.1) is 18.5 Å². The minimum atomic E-state index is -0.0606. The average Bonchev–Trinajstić information content (AvgIpc) is 2.42. The van der Waals surface area contributed by atoms with Gasteiger partial charge in [0, 0.05) is 33.3 Å². The van der Waals surface area contributed by atoms with Crippen molar-refractivity contribution in [1.82, 2.24) is 9.78 Å². The number of nitrogens with zero attached hydrogens (tertiary/aromatic N) is 3. The fraction of sp³-hybridized carbons (Fsp3) is 0.692. The van der Waals surface area contributed by atoms with Crippen LogP contribution >= 0.6 is 0 Å². The number of unbranched alkanes of at least 4 members (excludes halogenated alkanes) is 2. The summed E-state index contributed by atoms with van der Waals surface area (Å²) in [4.78, 5) is 13.9. The molecule has 108 valence electrons. The van der Waals surface area contributed by atoms with Crippen molar-refractivity contribution >= 4 is 5.69 Å². The average molecular weight is 268 g/mol. The van der Waals surface area contributed by atoms with Gasteiger partial charge in [0.1, 0.15) is 0 Å². The molecular formula is C13H24N4O2. The van der Waals surface area contributed by atoms with E-state index < -0.39 is 0 Å². The monoisotopic (exact) mass is 268 g/mol. The Morgan fingerprint density at radius 2 is 2.21 bits per heavy atom. The van der Waals surface area contributed by atoms with E-state index in [1.165, 1.54) is 4.68 Å². The van der Waals surface area contributed by atoms with Crippen LogP contribution in [0.2, 0.25) is 0 Å². The molecule has 1 heterocycles. The molecule has 0 aliphatic heterocycles. The van der Waals surface area contributed by atoms with Gasteiger partial charge in [-0.25, -0.2) is 4.68 Å². The molecule has 0 saturated carbocycles. The quantitative estimate of drug-likeness (QED) is 0.658. The van der Waals surface area contributed by atoms with Gasteiger partial charge in [-0.15, -0.1) is 0 Å². The lowest BCUT2D eigenvalue weighted by Gasteiger charge is -2.18. The first kappa shape index (κ1) is 15.7. The van der Waals surface area contributed by atoms with Crippen molar-refractivity contribution in [3.63, 3.8) is 0 Å². The van der Waals surface area contributed by atoms with E-state index in [-0.39, 0.29) is 5.56 Å². The third-order valence-corrected chi connectivity index (χ3v) is 3.00. The Labute approximate surface area is 114 Å². The van der Waals surface area contributed by atoms with Gasteiger partial charge in [-0.3, -0.25) is 4.79 Å². The first-order valence-electron chi connectivity index (χ1n) is 6.66. The molecule has 19 heavy (non-hydrogen) atoms. The Balaban J connectivity index is 2.56. The summed E-state index contributed by atoms with van der Waals surface area (Å²) >= 11 is 0. The van der Waals surface area contributed by atoms with Gasteiger partial charge in [0.25, 0.3) is 5.56 Å². The highest BCUT2D eigenvalue weighted by atomic mass is 16.5. The number of aryl methyl sites for hydroxylation is 1. The number of rotatable bonds is 9. The highest BCUT2D eigenvalue weighted by molar-refractivity contribution is 5.41. The van der Waals surface area contributed by atoms with Gasteiger partial charge in [-0.2, -0.15) is 5.10 Å². The summed E-state index contributed by atoms with van der Waals surface area (Å²) < 4.78 is 6.51. The molecule has 1 aromatic heterocycles. The van der Waals surface area contributed by atoms with E-state index in [0.29, 0.717) is 19.7 Å². The summed E-state index contributed by atoms with van der Waals surface area (Å²) in [6.07, 6.45) is 4.68. The molecule has 0 saturated heterocycles. The number of anilines is 1. The third-order valence-electron chi connectivity index (χ3n) is 3.00. The van der Waals surface area contributed by atoms with Crippen molar-refractivity contribution in [1.29, 1.82) is 0 Å². The summed E-state index contributed by atoms with van der Waals surface area (Å²) in [5.74, 6) is 0. The molecule has 1 rings (SSSR count). The van der Waals surface area contributed by atoms with Crippen LogP contribution in [0.25, 0.3) is 0 Å². The standard InChI is InChI=1S/C13H24N4O2/c1-16(8-9-19-2)12-10-13(18)17(15-11-12)7-5-3-4-6-14/h10-11H,3-9,14H2,1-2H3. The van der Waals surface area contributed by atoms with Crippen LogP contribution < -0.4 is 16.2 Å². The van der Waals surface area contributed by atoms with Crippen LogP contribution in [0.1, 0.15) is 19.3 Å². The second-order valence-electron chi connectivity index (χ2n) is 4.54. The van der Waals surface area contributed by atoms with Crippen LogP contribution in [0.15, 0.2) is 17.1 Å². The lowest BCUT2D eigenvalue weighted by Crippen LogP contribution is -2.27. The largest absolute Gasteiger partial charge is 0.383 e. The van der Waals surface area contributed by atoms with E-state index in [4.69, 9.17) is 10.5 Å². The molecule has 0 aliphatic rings. The lowest BCUT2D eigenvalue weighted by atomic mass is 10.2. The molecule has 1 aromatic rings. The number of aromatic nitrogens is 2. The van der Waals surface area contributed by atoms with Crippen molar-refractivity contribution in [3.8, 4) is 0 Å². The van der Waals surface area contributed by atoms with Crippen LogP contribution in [0.5, 0.6) is 0 Å². The zero-order valence-electron chi connectivity index (χ0n) is 11.8. The lowest BCUT2D eigenvalue weighted by molar-refractivity contribution is 0.206. The molecule has 0 atom stereocenters. The molecule has 0 bridgehead atoms. The maximum atomic E-state index is 11.9. The van der Waals surface area contributed by atoms with Gasteiger partial charge < -0.3 is 15.4 Å². The van der Waals surface area contributed by atoms with Gasteiger partial charge in [0.15, 0.2) is 0 Å². The van der Waals surface area contributed by atoms with Crippen LogP contribution in [0.4, 0.5) is 5.69 Å². The van der Waals surface area contributed by atoms with Crippen molar-refractivity contribution in [2.24, 2.45) is 5.73 Å². The van der Waals surface area contributed by atoms with E-state index in [1.807, 2.05) is 11.9 Å². The molecule has 0 spiro atoms. The first-order valence-corrected chi connectivity index (χ1v) is 6.66. The Morgan fingerprint density at radius 3 is 2.84 bits per heavy atom. The maximum absolute atomic E-state index is 11.9. The van der Waals surface area contributed by atoms with Crippen molar-refractivity contribution in [2.75, 3.05) is 38.8 Å². The highest BCUT2D eigenvalue weighted by Gasteiger charge is 2.04. The second-order valence-corrected chi connectivity index (χ2v) is 4.54. The molecule has 0 radical (unpaired) electrons. The van der Waals surface area contributed by atoms with Gasteiger partial charge in [0.2, 0.25) is 0 Å². The molecule has 0 aliphatic carbocycles. The molecular weight excluding hydrogens is 244 g/mol. The molecule has 0 amide bonds. The SMILES string of the molecule is COCCN(C)c1cnn(CCCCCN)c(=O)c1. The Kier molecular flexibility index (Phi) is 7.14. The Hall–Kier alpha value is -1.40. The van der Waals surface area contributed by atoms with E-state index >= 15 is 0 Å². The molecule has 0 fully saturated rings. The molecule has 0 unspecified atom stereocenters. The molecule has 6 nitrogen and oxygen atoms in total. The van der Waals surface area contributed by atoms with E-state index in [0.717, 1.165) is 31.5 Å². The minimum Gasteiger partial charge on any atom is -0.383 e. The molecule has 6 heteroatoms. The fourth-order valence-electron chi connectivity index (χ4n) is 1.74. The highest BCUT2D eigenvalue weighted by Crippen LogP contribution is 2.06. The van der Waals surface area contributed by atoms with Gasteiger partial charge in [-0.05, 0) is 19.4 Å². The number of ether oxygens (including phenoxy) is 1. The van der Waals surface area contributed by atoms with Crippen LogP contribution in [-0.4, -0.2) is 43.6 Å². The summed E-state index contributed by atoms with van der Waals surface area (Å²) in [5.41, 5.74) is 6.19. The number of nitrogens with two attached hydrogens (primary N) is 1. The summed E-state index contributed by atoms with van der Waals surface area (Å²) in [6, 6.07) is 1.62. The predicted octanol–water partition coefficient (Wildman–Crippen LogP) is 0.455. The van der Waals surface area contributed by atoms with Crippen LogP contribution in [-0.2, 0) is 11.3 Å². The normalized spacial score (nSPS) is 10.7. The van der Waals surface area contributed by atoms with E-state index in [2.05, 4.69) is 5.10 Å². The topological polar surface area (TPSA) is 73.4 Å².